The number of amides is 1. The first kappa shape index (κ1) is 18.4. The van der Waals surface area contributed by atoms with Crippen LogP contribution in [0.4, 0.5) is 4.39 Å². The quantitative estimate of drug-likeness (QED) is 0.817. The minimum atomic E-state index is -0.573. The zero-order valence-corrected chi connectivity index (χ0v) is 14.3. The highest BCUT2D eigenvalue weighted by molar-refractivity contribution is 5.94. The van der Waals surface area contributed by atoms with Gasteiger partial charge < -0.3 is 14.8 Å². The minimum absolute atomic E-state index is 0.0191. The molecule has 2 aromatic carbocycles. The van der Waals surface area contributed by atoms with E-state index in [1.807, 2.05) is 0 Å². The molecule has 2 aromatic rings. The van der Waals surface area contributed by atoms with E-state index in [0.29, 0.717) is 16.9 Å². The van der Waals surface area contributed by atoms with Crippen LogP contribution in [0.3, 0.4) is 0 Å². The molecule has 0 radical (unpaired) electrons. The highest BCUT2D eigenvalue weighted by Gasteiger charge is 2.20. The molecule has 0 saturated heterocycles. The summed E-state index contributed by atoms with van der Waals surface area (Å²) in [5.74, 6) is -0.553. The third kappa shape index (κ3) is 4.79. The van der Waals surface area contributed by atoms with E-state index in [9.17, 15) is 14.0 Å². The van der Waals surface area contributed by atoms with Crippen LogP contribution in [0.15, 0.2) is 42.5 Å². The standard InChI is InChI=1S/C19H20FNO4/c1-12-10-14(6-9-16(12)20)19(23)21-17(11-18(22)25-3)13-4-7-15(24-2)8-5-13/h4-10,17H,11H2,1-3H3,(H,21,23). The second kappa shape index (κ2) is 8.28. The third-order valence-corrected chi connectivity index (χ3v) is 3.84. The molecular formula is C19H20FNO4. The lowest BCUT2D eigenvalue weighted by molar-refractivity contribution is -0.141. The maximum absolute atomic E-state index is 13.4. The molecule has 2 rings (SSSR count). The largest absolute Gasteiger partial charge is 0.497 e. The molecule has 1 N–H and O–H groups in total. The number of rotatable bonds is 6. The van der Waals surface area contributed by atoms with Gasteiger partial charge in [0.25, 0.3) is 5.91 Å². The van der Waals surface area contributed by atoms with E-state index in [-0.39, 0.29) is 12.2 Å². The Kier molecular flexibility index (Phi) is 6.11. The zero-order chi connectivity index (χ0) is 18.4. The number of hydrogen-bond acceptors (Lipinski definition) is 4. The van der Waals surface area contributed by atoms with Crippen molar-refractivity contribution in [1.29, 1.82) is 0 Å². The molecule has 6 heteroatoms. The first-order chi connectivity index (χ1) is 11.9. The molecule has 1 amide bonds. The Hall–Kier alpha value is -2.89. The van der Waals surface area contributed by atoms with Gasteiger partial charge in [-0.1, -0.05) is 12.1 Å². The van der Waals surface area contributed by atoms with Gasteiger partial charge >= 0.3 is 5.97 Å². The highest BCUT2D eigenvalue weighted by atomic mass is 19.1. The van der Waals surface area contributed by atoms with E-state index in [1.54, 1.807) is 38.3 Å². The van der Waals surface area contributed by atoms with E-state index >= 15 is 0 Å². The molecule has 1 atom stereocenters. The second-order valence-electron chi connectivity index (χ2n) is 5.54. The number of methoxy groups -OCH3 is 2. The molecule has 25 heavy (non-hydrogen) atoms. The van der Waals surface area contributed by atoms with Crippen LogP contribution in [0.5, 0.6) is 5.75 Å². The van der Waals surface area contributed by atoms with Gasteiger partial charge in [0.05, 0.1) is 26.7 Å². The van der Waals surface area contributed by atoms with Crippen LogP contribution in [0.25, 0.3) is 0 Å². The van der Waals surface area contributed by atoms with Crippen LogP contribution in [-0.4, -0.2) is 26.1 Å². The molecule has 0 aromatic heterocycles. The summed E-state index contributed by atoms with van der Waals surface area (Å²) in [6.07, 6.45) is -0.0191. The Labute approximate surface area is 145 Å². The molecule has 0 heterocycles. The van der Waals surface area contributed by atoms with Crippen LogP contribution < -0.4 is 10.1 Å². The molecule has 0 fully saturated rings. The zero-order valence-electron chi connectivity index (χ0n) is 14.3. The molecule has 0 spiro atoms. The maximum atomic E-state index is 13.4. The van der Waals surface area contributed by atoms with Gasteiger partial charge in [0.15, 0.2) is 0 Å². The predicted molar refractivity (Wildman–Crippen MR) is 91.0 cm³/mol. The van der Waals surface area contributed by atoms with Gasteiger partial charge in [-0.2, -0.15) is 0 Å². The molecule has 0 aliphatic heterocycles. The molecule has 0 saturated carbocycles. The van der Waals surface area contributed by atoms with Crippen LogP contribution in [0, 0.1) is 12.7 Å². The number of carbonyl (C=O) groups excluding carboxylic acids is 2. The van der Waals surface area contributed by atoms with Crippen molar-refractivity contribution >= 4 is 11.9 Å². The fourth-order valence-electron chi connectivity index (χ4n) is 2.37. The number of benzene rings is 2. The first-order valence-electron chi connectivity index (χ1n) is 7.72. The molecule has 5 nitrogen and oxygen atoms in total. The van der Waals surface area contributed by atoms with E-state index in [0.717, 1.165) is 5.56 Å². The number of ether oxygens (including phenoxy) is 2. The lowest BCUT2D eigenvalue weighted by Gasteiger charge is -2.19. The summed E-state index contributed by atoms with van der Waals surface area (Å²) < 4.78 is 23.2. The number of halogens is 1. The van der Waals surface area contributed by atoms with Crippen LogP contribution in [0.1, 0.15) is 33.9 Å². The van der Waals surface area contributed by atoms with E-state index in [2.05, 4.69) is 5.32 Å². The summed E-state index contributed by atoms with van der Waals surface area (Å²) in [6, 6.07) is 10.6. The molecule has 1 unspecified atom stereocenters. The number of nitrogens with one attached hydrogen (secondary N) is 1. The molecule has 132 valence electrons. The van der Waals surface area contributed by atoms with Crippen LogP contribution in [0.2, 0.25) is 0 Å². The van der Waals surface area contributed by atoms with Crippen molar-refractivity contribution in [2.24, 2.45) is 0 Å². The number of aryl methyl sites for hydroxylation is 1. The third-order valence-electron chi connectivity index (χ3n) is 3.84. The fourth-order valence-corrected chi connectivity index (χ4v) is 2.37. The lowest BCUT2D eigenvalue weighted by atomic mass is 10.0. The first-order valence-corrected chi connectivity index (χ1v) is 7.72. The maximum Gasteiger partial charge on any atom is 0.307 e. The summed E-state index contributed by atoms with van der Waals surface area (Å²) in [5.41, 5.74) is 1.43. The van der Waals surface area contributed by atoms with Crippen LogP contribution in [-0.2, 0) is 9.53 Å². The van der Waals surface area contributed by atoms with Crippen LogP contribution >= 0.6 is 0 Å². The normalized spacial score (nSPS) is 11.5. The molecular weight excluding hydrogens is 325 g/mol. The monoisotopic (exact) mass is 345 g/mol. The number of esters is 1. The van der Waals surface area contributed by atoms with Gasteiger partial charge in [-0.05, 0) is 48.4 Å². The lowest BCUT2D eigenvalue weighted by Crippen LogP contribution is -2.30. The summed E-state index contributed by atoms with van der Waals surface area (Å²) in [5, 5.41) is 2.80. The summed E-state index contributed by atoms with van der Waals surface area (Å²) in [6.45, 7) is 1.58. The Morgan fingerprint density at radius 1 is 1.12 bits per heavy atom. The minimum Gasteiger partial charge on any atom is -0.497 e. The number of carbonyl (C=O) groups is 2. The summed E-state index contributed by atoms with van der Waals surface area (Å²) >= 11 is 0. The SMILES string of the molecule is COC(=O)CC(NC(=O)c1ccc(F)c(C)c1)c1ccc(OC)cc1. The Morgan fingerprint density at radius 2 is 1.80 bits per heavy atom. The van der Waals surface area contributed by atoms with Gasteiger partial charge in [-0.3, -0.25) is 9.59 Å². The smallest absolute Gasteiger partial charge is 0.307 e. The fraction of sp³-hybridized carbons (Fsp3) is 0.263. The van der Waals surface area contributed by atoms with Crippen molar-refractivity contribution < 1.29 is 23.5 Å². The van der Waals surface area contributed by atoms with E-state index in [1.165, 1.54) is 25.3 Å². The summed E-state index contributed by atoms with van der Waals surface area (Å²) in [7, 11) is 2.85. The van der Waals surface area contributed by atoms with Gasteiger partial charge in [0.1, 0.15) is 11.6 Å². The number of hydrogen-bond donors (Lipinski definition) is 1. The van der Waals surface area contributed by atoms with Crippen molar-refractivity contribution in [3.63, 3.8) is 0 Å². The van der Waals surface area contributed by atoms with Crippen molar-refractivity contribution in [2.75, 3.05) is 14.2 Å². The van der Waals surface area contributed by atoms with Gasteiger partial charge in [-0.15, -0.1) is 0 Å². The molecule has 0 aliphatic carbocycles. The van der Waals surface area contributed by atoms with Gasteiger partial charge in [0.2, 0.25) is 0 Å². The van der Waals surface area contributed by atoms with E-state index in [4.69, 9.17) is 9.47 Å². The Balaban J connectivity index is 2.23. The Morgan fingerprint density at radius 3 is 2.36 bits per heavy atom. The average Bonchev–Trinajstić information content (AvgIpc) is 2.63. The van der Waals surface area contributed by atoms with Gasteiger partial charge in [0, 0.05) is 5.56 Å². The van der Waals surface area contributed by atoms with E-state index < -0.39 is 17.9 Å². The van der Waals surface area contributed by atoms with Crippen molar-refractivity contribution in [2.45, 2.75) is 19.4 Å². The van der Waals surface area contributed by atoms with Crippen molar-refractivity contribution in [3.05, 3.63) is 65.0 Å². The topological polar surface area (TPSA) is 64.6 Å². The Bertz CT molecular complexity index is 759. The predicted octanol–water partition coefficient (Wildman–Crippen LogP) is 3.18. The molecule has 0 bridgehead atoms. The summed E-state index contributed by atoms with van der Waals surface area (Å²) in [4.78, 5) is 24.2. The average molecular weight is 345 g/mol. The van der Waals surface area contributed by atoms with Gasteiger partial charge in [-0.25, -0.2) is 4.39 Å². The van der Waals surface area contributed by atoms with Crippen molar-refractivity contribution in [1.82, 2.24) is 5.32 Å². The second-order valence-corrected chi connectivity index (χ2v) is 5.54. The molecule has 0 aliphatic rings. The highest BCUT2D eigenvalue weighted by Crippen LogP contribution is 2.21. The van der Waals surface area contributed by atoms with Crippen molar-refractivity contribution in [3.8, 4) is 5.75 Å².